The van der Waals surface area contributed by atoms with Crippen LogP contribution in [0.4, 0.5) is 9.59 Å². The molecule has 1 aliphatic heterocycles. The van der Waals surface area contributed by atoms with Crippen LogP contribution in [0, 0.1) is 11.8 Å². The molecule has 10 nitrogen and oxygen atoms in total. The van der Waals surface area contributed by atoms with Crippen molar-refractivity contribution in [2.24, 2.45) is 11.8 Å². The molecule has 1 heterocycles. The maximum Gasteiger partial charge on any atom is 0.408 e. The van der Waals surface area contributed by atoms with Crippen molar-refractivity contribution in [1.29, 1.82) is 0 Å². The molecule has 0 spiro atoms. The van der Waals surface area contributed by atoms with Crippen molar-refractivity contribution in [2.75, 3.05) is 19.6 Å². The summed E-state index contributed by atoms with van der Waals surface area (Å²) in [6.45, 7) is 14.4. The summed E-state index contributed by atoms with van der Waals surface area (Å²) in [6, 6.07) is 7.70. The largest absolute Gasteiger partial charge is 0.445 e. The molecule has 1 unspecified atom stereocenters. The number of hydrogen-bond donors (Lipinski definition) is 3. The van der Waals surface area contributed by atoms with Gasteiger partial charge in [-0.3, -0.25) is 14.5 Å². The summed E-state index contributed by atoms with van der Waals surface area (Å²) in [4.78, 5) is 52.5. The van der Waals surface area contributed by atoms with Crippen molar-refractivity contribution in [1.82, 2.24) is 20.9 Å². The van der Waals surface area contributed by atoms with Crippen LogP contribution in [0.15, 0.2) is 30.3 Å². The molecule has 1 saturated heterocycles. The summed E-state index contributed by atoms with van der Waals surface area (Å²) >= 11 is 0. The predicted octanol–water partition coefficient (Wildman–Crippen LogP) is 3.64. The molecular formula is C29H46N4O6. The molecule has 0 aliphatic carbocycles. The molecule has 0 saturated carbocycles. The molecule has 1 aromatic rings. The maximum absolute atomic E-state index is 13.1. The number of carbonyl (C=O) groups excluding carboxylic acids is 4. The lowest BCUT2D eigenvalue weighted by Gasteiger charge is -2.26. The number of rotatable bonds is 12. The molecule has 3 atom stereocenters. The van der Waals surface area contributed by atoms with Gasteiger partial charge in [-0.2, -0.15) is 0 Å². The molecule has 2 rings (SSSR count). The summed E-state index contributed by atoms with van der Waals surface area (Å²) in [5.74, 6) is -0.0834. The summed E-state index contributed by atoms with van der Waals surface area (Å²) in [7, 11) is 0. The lowest BCUT2D eigenvalue weighted by Crippen LogP contribution is -2.53. The van der Waals surface area contributed by atoms with Gasteiger partial charge in [0.1, 0.15) is 24.3 Å². The number of Topliss-reactive ketones (excluding diaryl/α,β-unsaturated/α-hetero) is 1. The van der Waals surface area contributed by atoms with E-state index in [1.54, 1.807) is 20.8 Å². The Morgan fingerprint density at radius 2 is 1.62 bits per heavy atom. The molecule has 0 radical (unpaired) electrons. The zero-order valence-electron chi connectivity index (χ0n) is 24.4. The van der Waals surface area contributed by atoms with Crippen LogP contribution >= 0.6 is 0 Å². The fourth-order valence-electron chi connectivity index (χ4n) is 4.44. The number of amides is 3. The second-order valence-electron chi connectivity index (χ2n) is 12.1. The third kappa shape index (κ3) is 12.5. The highest BCUT2D eigenvalue weighted by Crippen LogP contribution is 2.14. The molecule has 218 valence electrons. The van der Waals surface area contributed by atoms with Crippen molar-refractivity contribution >= 4 is 23.9 Å². The van der Waals surface area contributed by atoms with Gasteiger partial charge in [0.15, 0.2) is 5.78 Å². The number of ketones is 1. The Kier molecular flexibility index (Phi) is 12.2. The normalized spacial score (nSPS) is 17.6. The van der Waals surface area contributed by atoms with Crippen LogP contribution in [0.1, 0.15) is 66.9 Å². The first kappa shape index (κ1) is 32.1. The number of nitrogens with zero attached hydrogens (tertiary/aromatic N) is 1. The third-order valence-electron chi connectivity index (χ3n) is 6.01. The van der Waals surface area contributed by atoms with Crippen molar-refractivity contribution in [3.8, 4) is 0 Å². The molecule has 3 amide bonds. The lowest BCUT2D eigenvalue weighted by molar-refractivity contribution is -0.127. The van der Waals surface area contributed by atoms with Gasteiger partial charge in [0.05, 0.1) is 6.54 Å². The first-order valence-corrected chi connectivity index (χ1v) is 13.7. The van der Waals surface area contributed by atoms with E-state index in [9.17, 15) is 19.2 Å². The number of likely N-dealkylation sites (tertiary alicyclic amines) is 1. The molecule has 0 bridgehead atoms. The van der Waals surface area contributed by atoms with Crippen LogP contribution in [0.25, 0.3) is 0 Å². The molecule has 10 heteroatoms. The Hall–Kier alpha value is -3.14. The number of benzene rings is 1. The Bertz CT molecular complexity index is 960. The minimum atomic E-state index is -0.823. The second-order valence-corrected chi connectivity index (χ2v) is 12.1. The maximum atomic E-state index is 13.1. The molecule has 1 aliphatic rings. The zero-order chi connectivity index (χ0) is 29.2. The van der Waals surface area contributed by atoms with E-state index in [-0.39, 0.29) is 30.9 Å². The average Bonchev–Trinajstić information content (AvgIpc) is 3.14. The first-order chi connectivity index (χ1) is 18.2. The van der Waals surface area contributed by atoms with Crippen LogP contribution in [0.5, 0.6) is 0 Å². The van der Waals surface area contributed by atoms with Crippen molar-refractivity contribution in [2.45, 2.75) is 91.6 Å². The Morgan fingerprint density at radius 3 is 2.21 bits per heavy atom. The molecule has 0 aromatic heterocycles. The van der Waals surface area contributed by atoms with Gasteiger partial charge >= 0.3 is 12.2 Å². The van der Waals surface area contributed by atoms with E-state index in [0.29, 0.717) is 31.8 Å². The van der Waals surface area contributed by atoms with Crippen molar-refractivity contribution in [3.63, 3.8) is 0 Å². The van der Waals surface area contributed by atoms with Crippen molar-refractivity contribution in [3.05, 3.63) is 35.9 Å². The summed E-state index contributed by atoms with van der Waals surface area (Å²) in [5.41, 5.74) is 0.202. The molecule has 1 aromatic carbocycles. The Morgan fingerprint density at radius 1 is 0.974 bits per heavy atom. The number of carbonyl (C=O) groups is 4. The van der Waals surface area contributed by atoms with Crippen molar-refractivity contribution < 1.29 is 28.7 Å². The Balaban J connectivity index is 1.94. The van der Waals surface area contributed by atoms with Gasteiger partial charge in [-0.05, 0) is 51.0 Å². The molecule has 1 fully saturated rings. The average molecular weight is 547 g/mol. The van der Waals surface area contributed by atoms with Crippen LogP contribution in [0.3, 0.4) is 0 Å². The van der Waals surface area contributed by atoms with Gasteiger partial charge in [0.25, 0.3) is 0 Å². The second kappa shape index (κ2) is 14.9. The van der Waals surface area contributed by atoms with Crippen LogP contribution < -0.4 is 16.0 Å². The number of nitrogens with one attached hydrogen (secondary N) is 3. The standard InChI is InChI=1S/C29H46N4O6/c1-19(2)13-22(30-27(36)38-18-21-11-9-8-10-12-21)15-33-16-24(25(34)17-33)31-26(35)23(14-20(3)4)32-28(37)39-29(5,6)7/h8-12,19-20,22-24H,13-18H2,1-7H3,(H,30,36)(H,31,35)(H,32,37)/t22-,23-,24?/m0/s1. The molecule has 39 heavy (non-hydrogen) atoms. The van der Waals surface area contributed by atoms with E-state index in [1.165, 1.54) is 0 Å². The van der Waals surface area contributed by atoms with Crippen LogP contribution in [-0.4, -0.2) is 72.1 Å². The predicted molar refractivity (Wildman–Crippen MR) is 149 cm³/mol. The van der Waals surface area contributed by atoms with Gasteiger partial charge in [-0.15, -0.1) is 0 Å². The Labute approximate surface area is 232 Å². The highest BCUT2D eigenvalue weighted by molar-refractivity contribution is 5.94. The van der Waals surface area contributed by atoms with E-state index in [4.69, 9.17) is 9.47 Å². The highest BCUT2D eigenvalue weighted by Gasteiger charge is 2.35. The lowest BCUT2D eigenvalue weighted by atomic mass is 10.0. The SMILES string of the molecule is CC(C)C[C@@H](CN1CC(=O)C(NC(=O)[C@H](CC(C)C)NC(=O)OC(C)(C)C)C1)NC(=O)OCc1ccccc1. The van der Waals surface area contributed by atoms with Crippen LogP contribution in [0.2, 0.25) is 0 Å². The summed E-state index contributed by atoms with van der Waals surface area (Å²) in [6.07, 6.45) is -0.0753. The quantitative estimate of drug-likeness (QED) is 0.365. The fraction of sp³-hybridized carbons (Fsp3) is 0.655. The molecule has 3 N–H and O–H groups in total. The van der Waals surface area contributed by atoms with Gasteiger partial charge in [-0.25, -0.2) is 9.59 Å². The minimum Gasteiger partial charge on any atom is -0.445 e. The van der Waals surface area contributed by atoms with Gasteiger partial charge in [-0.1, -0.05) is 58.0 Å². The number of ether oxygens (including phenoxy) is 2. The highest BCUT2D eigenvalue weighted by atomic mass is 16.6. The third-order valence-corrected chi connectivity index (χ3v) is 6.01. The van der Waals surface area contributed by atoms with E-state index in [0.717, 1.165) is 5.56 Å². The first-order valence-electron chi connectivity index (χ1n) is 13.7. The van der Waals surface area contributed by atoms with E-state index in [1.807, 2.05) is 49.1 Å². The van der Waals surface area contributed by atoms with Crippen LogP contribution in [-0.2, 0) is 25.7 Å². The summed E-state index contributed by atoms with van der Waals surface area (Å²) < 4.78 is 10.7. The van der Waals surface area contributed by atoms with Gasteiger partial charge < -0.3 is 25.4 Å². The fourth-order valence-corrected chi connectivity index (χ4v) is 4.44. The van der Waals surface area contributed by atoms with E-state index < -0.39 is 35.8 Å². The number of alkyl carbamates (subject to hydrolysis) is 2. The van der Waals surface area contributed by atoms with Gasteiger partial charge in [0, 0.05) is 19.1 Å². The monoisotopic (exact) mass is 546 g/mol. The number of hydrogen-bond acceptors (Lipinski definition) is 7. The summed E-state index contributed by atoms with van der Waals surface area (Å²) in [5, 5.41) is 8.39. The van der Waals surface area contributed by atoms with E-state index >= 15 is 0 Å². The van der Waals surface area contributed by atoms with E-state index in [2.05, 4.69) is 29.8 Å². The molecular weight excluding hydrogens is 500 g/mol. The smallest absolute Gasteiger partial charge is 0.408 e. The minimum absolute atomic E-state index is 0.112. The van der Waals surface area contributed by atoms with Gasteiger partial charge in [0.2, 0.25) is 5.91 Å². The zero-order valence-corrected chi connectivity index (χ0v) is 24.4. The topological polar surface area (TPSA) is 126 Å².